The van der Waals surface area contributed by atoms with Gasteiger partial charge in [0, 0.05) is 57.0 Å². The normalized spacial score (nSPS) is 12.1. The zero-order chi connectivity index (χ0) is 21.2. The fraction of sp³-hybridized carbons (Fsp3) is 0.421. The van der Waals surface area contributed by atoms with E-state index in [9.17, 15) is 13.2 Å². The average molecular weight is 424 g/mol. The molecule has 0 aromatic carbocycles. The Morgan fingerprint density at radius 3 is 2.55 bits per heavy atom. The molecule has 0 aliphatic heterocycles. The first-order valence-corrected chi connectivity index (χ1v) is 12.9. The second kappa shape index (κ2) is 8.50. The number of aryl methyl sites for hydroxylation is 1. The van der Waals surface area contributed by atoms with E-state index in [1.807, 2.05) is 6.20 Å². The van der Waals surface area contributed by atoms with Crippen LogP contribution in [0, 0.1) is 5.82 Å². The molecule has 3 aromatic rings. The second-order valence-corrected chi connectivity index (χ2v) is 13.7. The number of pyridine rings is 1. The number of ether oxygens (including phenoxy) is 1. The highest BCUT2D eigenvalue weighted by molar-refractivity contribution is 6.76. The van der Waals surface area contributed by atoms with Crippen LogP contribution in [-0.2, 0) is 18.5 Å². The Hall–Kier alpha value is -2.46. The van der Waals surface area contributed by atoms with Crippen LogP contribution in [0.2, 0.25) is 25.7 Å². The average Bonchev–Trinajstić information content (AvgIpc) is 3.24. The molecule has 0 saturated carbocycles. The molecule has 0 fully saturated rings. The van der Waals surface area contributed by atoms with Crippen molar-refractivity contribution in [3.8, 4) is 22.4 Å². The first-order valence-electron chi connectivity index (χ1n) is 9.22. The van der Waals surface area contributed by atoms with Gasteiger partial charge in [-0.3, -0.25) is 9.67 Å². The van der Waals surface area contributed by atoms with Crippen molar-refractivity contribution >= 4 is 8.07 Å². The largest absolute Gasteiger partial charge is 0.360 e. The molecule has 0 amide bonds. The summed E-state index contributed by atoms with van der Waals surface area (Å²) >= 11 is 0. The summed E-state index contributed by atoms with van der Waals surface area (Å²) in [4.78, 5) is 3.56. The van der Waals surface area contributed by atoms with Crippen LogP contribution in [0.4, 0.5) is 13.2 Å². The highest BCUT2D eigenvalue weighted by Gasteiger charge is 2.19. The van der Waals surface area contributed by atoms with Crippen molar-refractivity contribution in [3.63, 3.8) is 0 Å². The summed E-state index contributed by atoms with van der Waals surface area (Å²) < 4.78 is 48.5. The SMILES string of the molecule is Cn1cc(-c2cnn(COCC[Si](C)(C)C)c2)c(-c2cnc(C(F)F)c(F)c2)n1. The van der Waals surface area contributed by atoms with E-state index in [1.54, 1.807) is 28.8 Å². The quantitative estimate of drug-likeness (QED) is 0.388. The molecule has 0 aliphatic rings. The van der Waals surface area contributed by atoms with E-state index in [1.165, 1.54) is 6.20 Å². The Balaban J connectivity index is 1.79. The maximum absolute atomic E-state index is 14.0. The maximum atomic E-state index is 14.0. The zero-order valence-electron chi connectivity index (χ0n) is 16.9. The topological polar surface area (TPSA) is 57.8 Å². The lowest BCUT2D eigenvalue weighted by Gasteiger charge is -2.15. The summed E-state index contributed by atoms with van der Waals surface area (Å²) in [5.74, 6) is -1.06. The van der Waals surface area contributed by atoms with Crippen LogP contribution in [0.15, 0.2) is 30.9 Å². The van der Waals surface area contributed by atoms with Crippen LogP contribution in [0.25, 0.3) is 22.4 Å². The minimum atomic E-state index is -2.97. The summed E-state index contributed by atoms with van der Waals surface area (Å²) in [5.41, 5.74) is 1.36. The Morgan fingerprint density at radius 1 is 1.14 bits per heavy atom. The van der Waals surface area contributed by atoms with E-state index in [4.69, 9.17) is 4.74 Å². The van der Waals surface area contributed by atoms with Gasteiger partial charge in [-0.1, -0.05) is 19.6 Å². The van der Waals surface area contributed by atoms with E-state index in [2.05, 4.69) is 34.8 Å². The summed E-state index contributed by atoms with van der Waals surface area (Å²) in [6, 6.07) is 2.10. The number of hydrogen-bond donors (Lipinski definition) is 0. The van der Waals surface area contributed by atoms with Gasteiger partial charge in [-0.25, -0.2) is 17.9 Å². The molecule has 3 heterocycles. The molecular formula is C19H24F3N5OSi. The zero-order valence-corrected chi connectivity index (χ0v) is 17.9. The summed E-state index contributed by atoms with van der Waals surface area (Å²) in [6.07, 6.45) is 3.49. The third kappa shape index (κ3) is 5.33. The molecule has 3 aromatic heterocycles. The molecule has 10 heteroatoms. The highest BCUT2D eigenvalue weighted by atomic mass is 28.3. The van der Waals surface area contributed by atoms with Gasteiger partial charge in [-0.15, -0.1) is 0 Å². The third-order valence-electron chi connectivity index (χ3n) is 4.34. The van der Waals surface area contributed by atoms with Crippen molar-refractivity contribution in [1.29, 1.82) is 0 Å². The standard InChI is InChI=1S/C19H24F3N5OSi/c1-26-11-15(14-9-24-27(10-14)12-28-5-6-29(2,3)4)17(25-26)13-7-16(20)18(19(21)22)23-8-13/h7-11,19H,5-6,12H2,1-4H3. The first kappa shape index (κ1) is 21.3. The van der Waals surface area contributed by atoms with Crippen molar-refractivity contribution in [3.05, 3.63) is 42.4 Å². The number of aromatic nitrogens is 5. The highest BCUT2D eigenvalue weighted by Crippen LogP contribution is 2.32. The number of nitrogens with zero attached hydrogens (tertiary/aromatic N) is 5. The van der Waals surface area contributed by atoms with Crippen LogP contribution >= 0.6 is 0 Å². The van der Waals surface area contributed by atoms with Crippen LogP contribution in [0.1, 0.15) is 12.1 Å². The van der Waals surface area contributed by atoms with E-state index in [0.717, 1.165) is 17.7 Å². The molecule has 0 spiro atoms. The maximum Gasteiger partial charge on any atom is 0.283 e. The molecule has 0 saturated heterocycles. The molecule has 3 rings (SSSR count). The van der Waals surface area contributed by atoms with Crippen molar-refractivity contribution in [2.75, 3.05) is 6.61 Å². The number of halogens is 3. The first-order chi connectivity index (χ1) is 13.6. The summed E-state index contributed by atoms with van der Waals surface area (Å²) in [5, 5.41) is 8.65. The molecule has 0 radical (unpaired) electrons. The molecule has 6 nitrogen and oxygen atoms in total. The Bertz CT molecular complexity index is 981. The van der Waals surface area contributed by atoms with Gasteiger partial charge in [0.25, 0.3) is 6.43 Å². The molecule has 29 heavy (non-hydrogen) atoms. The molecule has 0 aliphatic carbocycles. The van der Waals surface area contributed by atoms with Crippen molar-refractivity contribution < 1.29 is 17.9 Å². The lowest BCUT2D eigenvalue weighted by Crippen LogP contribution is -2.22. The Labute approximate surface area is 168 Å². The minimum Gasteiger partial charge on any atom is -0.360 e. The van der Waals surface area contributed by atoms with E-state index >= 15 is 0 Å². The van der Waals surface area contributed by atoms with Crippen molar-refractivity contribution in [2.45, 2.75) is 38.8 Å². The van der Waals surface area contributed by atoms with Gasteiger partial charge in [0.1, 0.15) is 18.1 Å². The van der Waals surface area contributed by atoms with E-state index < -0.39 is 26.0 Å². The fourth-order valence-corrected chi connectivity index (χ4v) is 3.52. The molecule has 0 unspecified atom stereocenters. The number of alkyl halides is 2. The summed E-state index contributed by atoms with van der Waals surface area (Å²) in [6.45, 7) is 7.89. The van der Waals surface area contributed by atoms with E-state index in [-0.39, 0.29) is 0 Å². The fourth-order valence-electron chi connectivity index (χ4n) is 2.76. The Kier molecular flexibility index (Phi) is 6.23. The number of hydrogen-bond acceptors (Lipinski definition) is 4. The molecule has 156 valence electrons. The van der Waals surface area contributed by atoms with Gasteiger partial charge in [-0.05, 0) is 12.1 Å². The predicted molar refractivity (Wildman–Crippen MR) is 107 cm³/mol. The van der Waals surface area contributed by atoms with Gasteiger partial charge < -0.3 is 4.74 Å². The van der Waals surface area contributed by atoms with Gasteiger partial charge in [0.15, 0.2) is 5.82 Å². The third-order valence-corrected chi connectivity index (χ3v) is 6.05. The van der Waals surface area contributed by atoms with Crippen LogP contribution in [0.3, 0.4) is 0 Å². The Morgan fingerprint density at radius 2 is 1.90 bits per heavy atom. The van der Waals surface area contributed by atoms with Crippen molar-refractivity contribution in [2.24, 2.45) is 7.05 Å². The van der Waals surface area contributed by atoms with Gasteiger partial charge >= 0.3 is 0 Å². The second-order valence-electron chi connectivity index (χ2n) is 8.07. The monoisotopic (exact) mass is 423 g/mol. The van der Waals surface area contributed by atoms with Gasteiger partial charge in [0.05, 0.1) is 6.20 Å². The molecule has 0 N–H and O–H groups in total. The summed E-state index contributed by atoms with van der Waals surface area (Å²) in [7, 11) is 0.580. The van der Waals surface area contributed by atoms with Crippen molar-refractivity contribution in [1.82, 2.24) is 24.5 Å². The lowest BCUT2D eigenvalue weighted by molar-refractivity contribution is 0.0786. The molecular weight excluding hydrogens is 399 g/mol. The minimum absolute atomic E-state index is 0.321. The molecule has 0 bridgehead atoms. The smallest absolute Gasteiger partial charge is 0.283 e. The van der Waals surface area contributed by atoms with Gasteiger partial charge in [-0.2, -0.15) is 10.2 Å². The van der Waals surface area contributed by atoms with Crippen LogP contribution in [-0.4, -0.2) is 39.2 Å². The van der Waals surface area contributed by atoms with Crippen LogP contribution < -0.4 is 0 Å². The van der Waals surface area contributed by atoms with Crippen LogP contribution in [0.5, 0.6) is 0 Å². The van der Waals surface area contributed by atoms with E-state index in [0.29, 0.717) is 30.2 Å². The van der Waals surface area contributed by atoms with Gasteiger partial charge in [0.2, 0.25) is 0 Å². The molecule has 0 atom stereocenters. The predicted octanol–water partition coefficient (Wildman–Crippen LogP) is 4.73. The lowest BCUT2D eigenvalue weighted by atomic mass is 10.1. The number of rotatable bonds is 8.